The number of carboxylic acid groups (broad SMARTS) is 2. The van der Waals surface area contributed by atoms with Crippen molar-refractivity contribution in [3.63, 3.8) is 0 Å². The number of rotatable bonds is 8. The standard InChI is InChI=1S/C16H24N2O3S.C2HF3O2/c1-10(2)8-13(16(20)21)18-15(22)14(19)12(17)9-11-6-4-3-5-7-11;3-2(4,5)1(6)7/h3-7,10,12-14,19H,8-9,17H2,1-2H3,(H,18,22)(H,20,21);(H,6,7)/t12-,13+,14+;/m1./s1. The van der Waals surface area contributed by atoms with E-state index >= 15 is 0 Å². The molecule has 0 spiro atoms. The van der Waals surface area contributed by atoms with Crippen molar-refractivity contribution < 1.29 is 38.1 Å². The van der Waals surface area contributed by atoms with Crippen molar-refractivity contribution in [3.05, 3.63) is 35.9 Å². The van der Waals surface area contributed by atoms with Gasteiger partial charge in [0.05, 0.1) is 0 Å². The quantitative estimate of drug-likeness (QED) is 0.389. The Kier molecular flexibility index (Phi) is 11.4. The van der Waals surface area contributed by atoms with Crippen LogP contribution < -0.4 is 11.1 Å². The minimum atomic E-state index is -5.08. The second kappa shape index (κ2) is 12.3. The predicted octanol–water partition coefficient (Wildman–Crippen LogP) is 1.97. The molecule has 0 bridgehead atoms. The Morgan fingerprint density at radius 3 is 2.03 bits per heavy atom. The molecule has 0 fully saturated rings. The van der Waals surface area contributed by atoms with E-state index < -0.39 is 36.3 Å². The second-order valence-electron chi connectivity index (χ2n) is 6.63. The van der Waals surface area contributed by atoms with Crippen LogP contribution in [0, 0.1) is 5.92 Å². The van der Waals surface area contributed by atoms with Crippen molar-refractivity contribution in [2.24, 2.45) is 11.7 Å². The fraction of sp³-hybridized carbons (Fsp3) is 0.500. The topological polar surface area (TPSA) is 133 Å². The van der Waals surface area contributed by atoms with Crippen molar-refractivity contribution >= 4 is 29.1 Å². The van der Waals surface area contributed by atoms with Crippen LogP contribution in [0.1, 0.15) is 25.8 Å². The lowest BCUT2D eigenvalue weighted by atomic mass is 10.0. The maximum Gasteiger partial charge on any atom is 0.490 e. The molecule has 0 unspecified atom stereocenters. The third-order valence-corrected chi connectivity index (χ3v) is 3.91. The Labute approximate surface area is 171 Å². The summed E-state index contributed by atoms with van der Waals surface area (Å²) in [5.74, 6) is -3.54. The normalized spacial score (nSPS) is 14.2. The molecule has 0 saturated heterocycles. The molecule has 29 heavy (non-hydrogen) atoms. The number of hydrogen-bond acceptors (Lipinski definition) is 5. The van der Waals surface area contributed by atoms with Crippen LogP contribution in [0.25, 0.3) is 0 Å². The van der Waals surface area contributed by atoms with Crippen LogP contribution in [0.5, 0.6) is 0 Å². The highest BCUT2D eigenvalue weighted by Gasteiger charge is 2.38. The minimum absolute atomic E-state index is 0.0801. The Morgan fingerprint density at radius 2 is 1.66 bits per heavy atom. The molecule has 164 valence electrons. The third kappa shape index (κ3) is 11.4. The van der Waals surface area contributed by atoms with Crippen LogP contribution in [-0.4, -0.2) is 56.6 Å². The number of nitrogens with two attached hydrogens (primary N) is 1. The molecule has 1 rings (SSSR count). The summed E-state index contributed by atoms with van der Waals surface area (Å²) in [6.07, 6.45) is -5.27. The van der Waals surface area contributed by atoms with Crippen molar-refractivity contribution in [1.29, 1.82) is 0 Å². The molecule has 0 radical (unpaired) electrons. The minimum Gasteiger partial charge on any atom is -0.480 e. The molecule has 0 aromatic heterocycles. The van der Waals surface area contributed by atoms with Crippen molar-refractivity contribution in [3.8, 4) is 0 Å². The molecule has 1 aromatic rings. The van der Waals surface area contributed by atoms with E-state index in [2.05, 4.69) is 5.32 Å². The maximum atomic E-state index is 11.2. The van der Waals surface area contributed by atoms with Gasteiger partial charge in [-0.15, -0.1) is 0 Å². The summed E-state index contributed by atoms with van der Waals surface area (Å²) in [4.78, 5) is 20.2. The first-order valence-electron chi connectivity index (χ1n) is 8.56. The summed E-state index contributed by atoms with van der Waals surface area (Å²) < 4.78 is 31.7. The number of carboxylic acids is 2. The number of aliphatic hydroxyl groups is 1. The fourth-order valence-corrected chi connectivity index (χ4v) is 2.46. The first-order chi connectivity index (χ1) is 13.3. The summed E-state index contributed by atoms with van der Waals surface area (Å²) in [5, 5.41) is 29.2. The van der Waals surface area contributed by atoms with Crippen LogP contribution >= 0.6 is 12.2 Å². The Morgan fingerprint density at radius 1 is 1.17 bits per heavy atom. The Balaban J connectivity index is 0.000000956. The van der Waals surface area contributed by atoms with E-state index in [-0.39, 0.29) is 10.9 Å². The summed E-state index contributed by atoms with van der Waals surface area (Å²) in [7, 11) is 0. The third-order valence-electron chi connectivity index (χ3n) is 3.55. The van der Waals surface area contributed by atoms with Gasteiger partial charge >= 0.3 is 18.1 Å². The molecule has 3 atom stereocenters. The lowest BCUT2D eigenvalue weighted by molar-refractivity contribution is -0.192. The van der Waals surface area contributed by atoms with Crippen LogP contribution in [0.15, 0.2) is 30.3 Å². The van der Waals surface area contributed by atoms with Gasteiger partial charge in [-0.3, -0.25) is 0 Å². The van der Waals surface area contributed by atoms with Crippen LogP contribution in [0.2, 0.25) is 0 Å². The zero-order valence-electron chi connectivity index (χ0n) is 15.9. The van der Waals surface area contributed by atoms with Crippen LogP contribution in [-0.2, 0) is 16.0 Å². The number of nitrogens with one attached hydrogen (secondary N) is 1. The van der Waals surface area contributed by atoms with Gasteiger partial charge in [-0.1, -0.05) is 56.4 Å². The van der Waals surface area contributed by atoms with E-state index in [1.54, 1.807) is 0 Å². The predicted molar refractivity (Wildman–Crippen MR) is 104 cm³/mol. The van der Waals surface area contributed by atoms with E-state index in [9.17, 15) is 28.2 Å². The van der Waals surface area contributed by atoms with Crippen molar-refractivity contribution in [2.75, 3.05) is 0 Å². The summed E-state index contributed by atoms with van der Waals surface area (Å²) in [6.45, 7) is 3.86. The van der Waals surface area contributed by atoms with Crippen molar-refractivity contribution in [1.82, 2.24) is 5.32 Å². The van der Waals surface area contributed by atoms with Gasteiger partial charge in [0.1, 0.15) is 17.1 Å². The SMILES string of the molecule is CC(C)C[C@H](NC(=S)[C@@H](O)[C@H](N)Cc1ccccc1)C(=O)O.O=C(O)C(F)(F)F. The number of alkyl halides is 3. The van der Waals surface area contributed by atoms with Gasteiger partial charge in [0.25, 0.3) is 0 Å². The number of aliphatic hydroxyl groups excluding tert-OH is 1. The summed E-state index contributed by atoms with van der Waals surface area (Å²) in [6, 6.07) is 8.13. The zero-order valence-corrected chi connectivity index (χ0v) is 16.7. The maximum absolute atomic E-state index is 11.2. The summed E-state index contributed by atoms with van der Waals surface area (Å²) in [5.41, 5.74) is 6.97. The van der Waals surface area contributed by atoms with Gasteiger partial charge in [-0.05, 0) is 24.3 Å². The lowest BCUT2D eigenvalue weighted by Crippen LogP contribution is -2.51. The van der Waals surface area contributed by atoms with Gasteiger partial charge < -0.3 is 26.4 Å². The Hall–Kier alpha value is -2.24. The molecule has 7 nitrogen and oxygen atoms in total. The van der Waals surface area contributed by atoms with E-state index in [0.29, 0.717) is 12.8 Å². The van der Waals surface area contributed by atoms with E-state index in [1.807, 2.05) is 44.2 Å². The van der Waals surface area contributed by atoms with E-state index in [4.69, 9.17) is 27.9 Å². The zero-order chi connectivity index (χ0) is 22.8. The summed E-state index contributed by atoms with van der Waals surface area (Å²) >= 11 is 5.11. The number of aliphatic carboxylic acids is 2. The molecule has 0 aliphatic rings. The van der Waals surface area contributed by atoms with Gasteiger partial charge in [0, 0.05) is 6.04 Å². The average Bonchev–Trinajstić information content (AvgIpc) is 2.60. The van der Waals surface area contributed by atoms with Gasteiger partial charge in [-0.25, -0.2) is 9.59 Å². The highest BCUT2D eigenvalue weighted by Crippen LogP contribution is 2.13. The number of halogens is 3. The molecule has 0 heterocycles. The average molecular weight is 438 g/mol. The highest BCUT2D eigenvalue weighted by atomic mass is 32.1. The number of carbonyl (C=O) groups is 2. The van der Waals surface area contributed by atoms with Gasteiger partial charge in [-0.2, -0.15) is 13.2 Å². The molecular weight excluding hydrogens is 413 g/mol. The number of thiocarbonyl (C=S) groups is 1. The fourth-order valence-electron chi connectivity index (χ4n) is 2.14. The largest absolute Gasteiger partial charge is 0.490 e. The van der Waals surface area contributed by atoms with Crippen LogP contribution in [0.4, 0.5) is 13.2 Å². The first kappa shape index (κ1) is 26.8. The van der Waals surface area contributed by atoms with Crippen molar-refractivity contribution in [2.45, 2.75) is 51.1 Å². The number of hydrogen-bond donors (Lipinski definition) is 5. The monoisotopic (exact) mass is 438 g/mol. The van der Waals surface area contributed by atoms with Gasteiger partial charge in [0.15, 0.2) is 0 Å². The van der Waals surface area contributed by atoms with E-state index in [0.717, 1.165) is 5.56 Å². The second-order valence-corrected chi connectivity index (χ2v) is 7.07. The van der Waals surface area contributed by atoms with Crippen LogP contribution in [0.3, 0.4) is 0 Å². The molecule has 0 amide bonds. The molecule has 0 aliphatic heterocycles. The molecule has 0 aliphatic carbocycles. The molecular formula is C18H25F3N2O5S. The lowest BCUT2D eigenvalue weighted by Gasteiger charge is -2.24. The van der Waals surface area contributed by atoms with E-state index in [1.165, 1.54) is 0 Å². The number of benzene rings is 1. The molecule has 1 aromatic carbocycles. The Bertz CT molecular complexity index is 671. The smallest absolute Gasteiger partial charge is 0.480 e. The highest BCUT2D eigenvalue weighted by molar-refractivity contribution is 7.80. The molecule has 0 saturated carbocycles. The van der Waals surface area contributed by atoms with Gasteiger partial charge in [0.2, 0.25) is 0 Å². The first-order valence-corrected chi connectivity index (χ1v) is 8.97. The molecule has 11 heteroatoms. The molecule has 6 N–H and O–H groups in total.